The third-order valence-corrected chi connectivity index (χ3v) is 4.26. The molecular weight excluding hydrogens is 398 g/mol. The zero-order valence-electron chi connectivity index (χ0n) is 15.0. The van der Waals surface area contributed by atoms with Gasteiger partial charge in [0, 0.05) is 4.47 Å². The summed E-state index contributed by atoms with van der Waals surface area (Å²) in [6.45, 7) is 5.05. The van der Waals surface area contributed by atoms with E-state index < -0.39 is 12.1 Å². The molecule has 6 heteroatoms. The molecule has 0 spiro atoms. The van der Waals surface area contributed by atoms with Gasteiger partial charge in [-0.2, -0.15) is 0 Å². The van der Waals surface area contributed by atoms with Gasteiger partial charge in [0.2, 0.25) is 0 Å². The molecule has 0 saturated carbocycles. The predicted molar refractivity (Wildman–Crippen MR) is 103 cm³/mol. The van der Waals surface area contributed by atoms with Crippen molar-refractivity contribution >= 4 is 27.8 Å². The van der Waals surface area contributed by atoms with Crippen molar-refractivity contribution in [3.05, 3.63) is 64.1 Å². The number of amides is 1. The molecule has 0 aliphatic rings. The van der Waals surface area contributed by atoms with Gasteiger partial charge in [0.1, 0.15) is 5.75 Å². The Morgan fingerprint density at radius 2 is 1.81 bits per heavy atom. The fourth-order valence-electron chi connectivity index (χ4n) is 2.31. The maximum absolute atomic E-state index is 12.0. The summed E-state index contributed by atoms with van der Waals surface area (Å²) < 4.78 is 11.5. The molecule has 0 heterocycles. The Balaban J connectivity index is 1.78. The fourth-order valence-corrected chi connectivity index (χ4v) is 2.58. The molecule has 2 atom stereocenters. The molecule has 1 amide bonds. The zero-order chi connectivity index (χ0) is 19.1. The summed E-state index contributed by atoms with van der Waals surface area (Å²) in [4.78, 5) is 24.0. The number of hydrogen-bond donors (Lipinski definition) is 1. The first-order valence-electron chi connectivity index (χ1n) is 8.30. The number of esters is 1. The van der Waals surface area contributed by atoms with E-state index in [0.717, 1.165) is 15.6 Å². The van der Waals surface area contributed by atoms with Crippen LogP contribution in [0, 0.1) is 6.92 Å². The number of carbonyl (C=O) groups excluding carboxylic acids is 2. The van der Waals surface area contributed by atoms with Crippen LogP contribution in [0.4, 0.5) is 0 Å². The highest BCUT2D eigenvalue weighted by Gasteiger charge is 2.18. The van der Waals surface area contributed by atoms with Gasteiger partial charge in [0.25, 0.3) is 5.91 Å². The van der Waals surface area contributed by atoms with E-state index in [9.17, 15) is 9.59 Å². The summed E-state index contributed by atoms with van der Waals surface area (Å²) in [6, 6.07) is 14.8. The molecule has 0 aliphatic carbocycles. The van der Waals surface area contributed by atoms with Crippen molar-refractivity contribution in [2.75, 3.05) is 6.61 Å². The summed E-state index contributed by atoms with van der Waals surface area (Å²) in [7, 11) is 0. The minimum Gasteiger partial charge on any atom is -0.479 e. The second-order valence-electron chi connectivity index (χ2n) is 6.03. The number of nitrogens with one attached hydrogen (secondary N) is 1. The number of benzene rings is 2. The molecule has 0 bridgehead atoms. The molecule has 0 fully saturated rings. The Morgan fingerprint density at radius 3 is 2.46 bits per heavy atom. The van der Waals surface area contributed by atoms with Gasteiger partial charge in [-0.05, 0) is 56.2 Å². The van der Waals surface area contributed by atoms with Gasteiger partial charge in [0.05, 0.1) is 6.04 Å². The Kier molecular flexibility index (Phi) is 7.21. The SMILES string of the molecule is Cc1cccc(O[C@@H](C)C(=O)OCC(=O)N[C@H](C)c2ccc(Br)cc2)c1. The number of halogens is 1. The van der Waals surface area contributed by atoms with Crippen molar-refractivity contribution in [3.63, 3.8) is 0 Å². The van der Waals surface area contributed by atoms with Crippen LogP contribution in [0.2, 0.25) is 0 Å². The van der Waals surface area contributed by atoms with Crippen molar-refractivity contribution in [1.82, 2.24) is 5.32 Å². The summed E-state index contributed by atoms with van der Waals surface area (Å²) in [5.74, 6) is -0.364. The lowest BCUT2D eigenvalue weighted by atomic mass is 10.1. The average Bonchev–Trinajstić information content (AvgIpc) is 2.60. The first-order chi connectivity index (χ1) is 12.3. The van der Waals surface area contributed by atoms with Gasteiger partial charge in [-0.3, -0.25) is 4.79 Å². The molecule has 138 valence electrons. The minimum absolute atomic E-state index is 0.185. The van der Waals surface area contributed by atoms with Crippen LogP contribution in [-0.2, 0) is 14.3 Å². The standard InChI is InChI=1S/C20H22BrNO4/c1-13-5-4-6-18(11-13)26-15(3)20(24)25-12-19(23)22-14(2)16-7-9-17(21)10-8-16/h4-11,14-15H,12H2,1-3H3,(H,22,23)/t14-,15+/m1/s1. The lowest BCUT2D eigenvalue weighted by Crippen LogP contribution is -2.34. The van der Waals surface area contributed by atoms with Crippen molar-refractivity contribution in [2.45, 2.75) is 32.9 Å². The van der Waals surface area contributed by atoms with Crippen molar-refractivity contribution < 1.29 is 19.1 Å². The van der Waals surface area contributed by atoms with Crippen LogP contribution < -0.4 is 10.1 Å². The predicted octanol–water partition coefficient (Wildman–Crippen LogP) is 3.95. The number of aryl methyl sites for hydroxylation is 1. The van der Waals surface area contributed by atoms with Crippen LogP contribution in [0.5, 0.6) is 5.75 Å². The summed E-state index contributed by atoms with van der Waals surface area (Å²) >= 11 is 3.37. The molecule has 2 aromatic carbocycles. The Hall–Kier alpha value is -2.34. The zero-order valence-corrected chi connectivity index (χ0v) is 16.6. The van der Waals surface area contributed by atoms with E-state index >= 15 is 0 Å². The van der Waals surface area contributed by atoms with Gasteiger partial charge in [-0.1, -0.05) is 40.2 Å². The number of ether oxygens (including phenoxy) is 2. The highest BCUT2D eigenvalue weighted by molar-refractivity contribution is 9.10. The second-order valence-corrected chi connectivity index (χ2v) is 6.94. The van der Waals surface area contributed by atoms with Gasteiger partial charge < -0.3 is 14.8 Å². The smallest absolute Gasteiger partial charge is 0.347 e. The molecule has 0 unspecified atom stereocenters. The van der Waals surface area contributed by atoms with E-state index in [-0.39, 0.29) is 18.6 Å². The van der Waals surface area contributed by atoms with Crippen molar-refractivity contribution in [3.8, 4) is 5.75 Å². The third-order valence-electron chi connectivity index (χ3n) is 3.73. The first-order valence-corrected chi connectivity index (χ1v) is 9.09. The van der Waals surface area contributed by atoms with Crippen LogP contribution in [0.15, 0.2) is 53.0 Å². The van der Waals surface area contributed by atoms with Crippen molar-refractivity contribution in [2.24, 2.45) is 0 Å². The average molecular weight is 420 g/mol. The monoisotopic (exact) mass is 419 g/mol. The molecule has 0 radical (unpaired) electrons. The lowest BCUT2D eigenvalue weighted by Gasteiger charge is -2.16. The largest absolute Gasteiger partial charge is 0.479 e. The Labute approximate surface area is 161 Å². The summed E-state index contributed by atoms with van der Waals surface area (Å²) in [6.07, 6.45) is -0.798. The molecule has 1 N–H and O–H groups in total. The molecular formula is C20H22BrNO4. The molecule has 0 aromatic heterocycles. The molecule has 5 nitrogen and oxygen atoms in total. The maximum Gasteiger partial charge on any atom is 0.347 e. The van der Waals surface area contributed by atoms with Crippen LogP contribution >= 0.6 is 15.9 Å². The van der Waals surface area contributed by atoms with Crippen molar-refractivity contribution in [1.29, 1.82) is 0 Å². The molecule has 0 aliphatic heterocycles. The van der Waals surface area contributed by atoms with E-state index in [1.165, 1.54) is 0 Å². The van der Waals surface area contributed by atoms with E-state index in [0.29, 0.717) is 5.75 Å². The highest BCUT2D eigenvalue weighted by Crippen LogP contribution is 2.17. The fraction of sp³-hybridized carbons (Fsp3) is 0.300. The molecule has 0 saturated heterocycles. The minimum atomic E-state index is -0.798. The van der Waals surface area contributed by atoms with Gasteiger partial charge in [0.15, 0.2) is 12.7 Å². The second kappa shape index (κ2) is 9.38. The number of carbonyl (C=O) groups is 2. The first kappa shape index (κ1) is 20.0. The Bertz CT molecular complexity index is 761. The van der Waals surface area contributed by atoms with Gasteiger partial charge >= 0.3 is 5.97 Å². The van der Waals surface area contributed by atoms with Crippen LogP contribution in [0.1, 0.15) is 31.0 Å². The summed E-state index contributed by atoms with van der Waals surface area (Å²) in [5.41, 5.74) is 1.99. The molecule has 26 heavy (non-hydrogen) atoms. The number of hydrogen-bond acceptors (Lipinski definition) is 4. The van der Waals surface area contributed by atoms with E-state index in [1.54, 1.807) is 13.0 Å². The van der Waals surface area contributed by atoms with Crippen LogP contribution in [-0.4, -0.2) is 24.6 Å². The highest BCUT2D eigenvalue weighted by atomic mass is 79.9. The Morgan fingerprint density at radius 1 is 1.12 bits per heavy atom. The normalized spacial score (nSPS) is 12.8. The van der Waals surface area contributed by atoms with Gasteiger partial charge in [-0.25, -0.2) is 4.79 Å². The third kappa shape index (κ3) is 6.19. The maximum atomic E-state index is 12.0. The molecule has 2 rings (SSSR count). The quantitative estimate of drug-likeness (QED) is 0.690. The molecule has 2 aromatic rings. The van der Waals surface area contributed by atoms with Crippen LogP contribution in [0.25, 0.3) is 0 Å². The van der Waals surface area contributed by atoms with E-state index in [1.807, 2.05) is 56.3 Å². The topological polar surface area (TPSA) is 64.6 Å². The summed E-state index contributed by atoms with van der Waals surface area (Å²) in [5, 5.41) is 2.79. The lowest BCUT2D eigenvalue weighted by molar-refractivity contribution is -0.154. The van der Waals surface area contributed by atoms with Crippen LogP contribution in [0.3, 0.4) is 0 Å². The van der Waals surface area contributed by atoms with E-state index in [2.05, 4.69) is 21.2 Å². The van der Waals surface area contributed by atoms with E-state index in [4.69, 9.17) is 9.47 Å². The number of rotatable bonds is 7. The van der Waals surface area contributed by atoms with Gasteiger partial charge in [-0.15, -0.1) is 0 Å².